The van der Waals surface area contributed by atoms with Crippen molar-refractivity contribution < 1.29 is 9.53 Å². The highest BCUT2D eigenvalue weighted by molar-refractivity contribution is 5.94. The Morgan fingerprint density at radius 3 is 2.64 bits per heavy atom. The molecule has 3 N–H and O–H groups in total. The number of anilines is 3. The van der Waals surface area contributed by atoms with Gasteiger partial charge in [0.15, 0.2) is 5.65 Å². The predicted octanol–water partition coefficient (Wildman–Crippen LogP) is 5.18. The van der Waals surface area contributed by atoms with Gasteiger partial charge in [-0.1, -0.05) is 12.1 Å². The van der Waals surface area contributed by atoms with Crippen LogP contribution in [0.4, 0.5) is 17.1 Å². The second-order valence-corrected chi connectivity index (χ2v) is 9.74. The number of hydrogen-bond donors (Lipinski definition) is 3. The number of carbonyl (C=O) groups excluding carboxylic acids is 1. The van der Waals surface area contributed by atoms with Gasteiger partial charge in [0.25, 0.3) is 5.91 Å². The van der Waals surface area contributed by atoms with Gasteiger partial charge in [-0.15, -0.1) is 0 Å². The Bertz CT molecular complexity index is 1620. The summed E-state index contributed by atoms with van der Waals surface area (Å²) in [4.78, 5) is 19.3. The summed E-state index contributed by atoms with van der Waals surface area (Å²) in [5.74, 6) is 0.817. The molecule has 0 aliphatic carbocycles. The lowest BCUT2D eigenvalue weighted by Gasteiger charge is -2.19. The number of amides is 1. The van der Waals surface area contributed by atoms with E-state index in [0.29, 0.717) is 18.8 Å². The van der Waals surface area contributed by atoms with Crippen molar-refractivity contribution in [2.24, 2.45) is 0 Å². The van der Waals surface area contributed by atoms with Crippen molar-refractivity contribution in [2.75, 3.05) is 31.0 Å². The standard InChI is InChI=1S/C31H30N6O2/c1-36(2)26-10-3-21(4-11-26)18-34-31(38)22-5-8-25(9-6-22)35-27-12-13-28(37-16-15-33-30(27)37)23-7-14-29-24(17-23)19-32-20-39-29/h3-17,32,35H,18-20H2,1-2H3,(H,34,38). The monoisotopic (exact) mass is 518 g/mol. The van der Waals surface area contributed by atoms with Gasteiger partial charge in [0.2, 0.25) is 0 Å². The number of hydrogen-bond acceptors (Lipinski definition) is 6. The molecule has 8 heteroatoms. The summed E-state index contributed by atoms with van der Waals surface area (Å²) < 4.78 is 7.75. The first kappa shape index (κ1) is 24.5. The van der Waals surface area contributed by atoms with Crippen LogP contribution in [-0.4, -0.2) is 36.1 Å². The Hall–Kier alpha value is -4.82. The molecule has 0 atom stereocenters. The first-order chi connectivity index (χ1) is 19.0. The van der Waals surface area contributed by atoms with Crippen LogP contribution in [0.25, 0.3) is 16.9 Å². The summed E-state index contributed by atoms with van der Waals surface area (Å²) in [5, 5.41) is 9.69. The molecule has 196 valence electrons. The van der Waals surface area contributed by atoms with Crippen LogP contribution in [0.15, 0.2) is 91.3 Å². The fraction of sp³-hybridized carbons (Fsp3) is 0.161. The highest BCUT2D eigenvalue weighted by Gasteiger charge is 2.14. The molecule has 5 aromatic rings. The summed E-state index contributed by atoms with van der Waals surface area (Å²) in [6.07, 6.45) is 3.76. The van der Waals surface area contributed by atoms with Crippen LogP contribution in [0.5, 0.6) is 5.75 Å². The molecule has 8 nitrogen and oxygen atoms in total. The molecule has 6 rings (SSSR count). The molecule has 0 fully saturated rings. The molecule has 0 radical (unpaired) electrons. The molecule has 1 amide bonds. The predicted molar refractivity (Wildman–Crippen MR) is 155 cm³/mol. The molecule has 0 saturated carbocycles. The summed E-state index contributed by atoms with van der Waals surface area (Å²) in [5.41, 5.74) is 8.65. The number of nitrogens with zero attached hydrogens (tertiary/aromatic N) is 3. The summed E-state index contributed by atoms with van der Waals surface area (Å²) in [6.45, 7) is 1.80. The minimum absolute atomic E-state index is 0.108. The van der Waals surface area contributed by atoms with Crippen LogP contribution in [0, 0.1) is 0 Å². The van der Waals surface area contributed by atoms with E-state index >= 15 is 0 Å². The van der Waals surface area contributed by atoms with Crippen LogP contribution in [0.1, 0.15) is 21.5 Å². The molecule has 2 aromatic heterocycles. The van der Waals surface area contributed by atoms with Crippen LogP contribution in [0.2, 0.25) is 0 Å². The SMILES string of the molecule is CN(C)c1ccc(CNC(=O)c2ccc(Nc3ccc(-c4ccc5c(c4)CNCO5)n4ccnc34)cc2)cc1. The third-order valence-electron chi connectivity index (χ3n) is 6.88. The van der Waals surface area contributed by atoms with E-state index < -0.39 is 0 Å². The van der Waals surface area contributed by atoms with E-state index in [0.717, 1.165) is 57.4 Å². The van der Waals surface area contributed by atoms with Gasteiger partial charge in [0.05, 0.1) is 11.4 Å². The molecule has 1 aliphatic heterocycles. The quantitative estimate of drug-likeness (QED) is 0.275. The molecule has 3 aromatic carbocycles. The van der Waals surface area contributed by atoms with Crippen LogP contribution < -0.4 is 25.6 Å². The van der Waals surface area contributed by atoms with Gasteiger partial charge in [-0.05, 0) is 77.9 Å². The van der Waals surface area contributed by atoms with Crippen molar-refractivity contribution in [1.29, 1.82) is 0 Å². The first-order valence-electron chi connectivity index (χ1n) is 12.9. The van der Waals surface area contributed by atoms with E-state index in [2.05, 4.69) is 43.5 Å². The maximum Gasteiger partial charge on any atom is 0.251 e. The Kier molecular flexibility index (Phi) is 6.61. The zero-order valence-electron chi connectivity index (χ0n) is 21.9. The van der Waals surface area contributed by atoms with E-state index in [9.17, 15) is 4.79 Å². The van der Waals surface area contributed by atoms with E-state index in [1.165, 1.54) is 0 Å². The number of ether oxygens (including phenoxy) is 1. The van der Waals surface area contributed by atoms with Crippen LogP contribution in [-0.2, 0) is 13.1 Å². The Morgan fingerprint density at radius 1 is 1.03 bits per heavy atom. The van der Waals surface area contributed by atoms with Gasteiger partial charge >= 0.3 is 0 Å². The number of nitrogens with one attached hydrogen (secondary N) is 3. The Balaban J connectivity index is 1.15. The zero-order chi connectivity index (χ0) is 26.8. The minimum Gasteiger partial charge on any atom is -0.478 e. The lowest BCUT2D eigenvalue weighted by molar-refractivity contribution is 0.0951. The minimum atomic E-state index is -0.108. The van der Waals surface area contributed by atoms with Crippen molar-refractivity contribution in [3.05, 3.63) is 108 Å². The maximum atomic E-state index is 12.7. The lowest BCUT2D eigenvalue weighted by atomic mass is 10.1. The Labute approximate surface area is 227 Å². The first-order valence-corrected chi connectivity index (χ1v) is 12.9. The molecule has 1 aliphatic rings. The maximum absolute atomic E-state index is 12.7. The summed E-state index contributed by atoms with van der Waals surface area (Å²) in [7, 11) is 4.01. The second-order valence-electron chi connectivity index (χ2n) is 9.74. The zero-order valence-corrected chi connectivity index (χ0v) is 21.9. The molecular weight excluding hydrogens is 488 g/mol. The number of aromatic nitrogens is 2. The van der Waals surface area contributed by atoms with E-state index in [1.54, 1.807) is 6.20 Å². The van der Waals surface area contributed by atoms with Crippen molar-refractivity contribution in [3.8, 4) is 17.0 Å². The van der Waals surface area contributed by atoms with E-state index in [1.807, 2.05) is 85.9 Å². The molecule has 39 heavy (non-hydrogen) atoms. The van der Waals surface area contributed by atoms with E-state index in [4.69, 9.17) is 4.74 Å². The van der Waals surface area contributed by atoms with Crippen molar-refractivity contribution in [2.45, 2.75) is 13.1 Å². The topological polar surface area (TPSA) is 82.9 Å². The molecule has 0 unspecified atom stereocenters. The van der Waals surface area contributed by atoms with Gasteiger partial charge in [0, 0.05) is 62.1 Å². The van der Waals surface area contributed by atoms with E-state index in [-0.39, 0.29) is 5.91 Å². The fourth-order valence-corrected chi connectivity index (χ4v) is 4.74. The number of carbonyl (C=O) groups is 1. The van der Waals surface area contributed by atoms with Gasteiger partial charge in [-0.2, -0.15) is 0 Å². The van der Waals surface area contributed by atoms with Gasteiger partial charge < -0.3 is 20.3 Å². The third-order valence-corrected chi connectivity index (χ3v) is 6.88. The summed E-state index contributed by atoms with van der Waals surface area (Å²) >= 11 is 0. The third kappa shape index (κ3) is 5.15. The number of fused-ring (bicyclic) bond motifs is 2. The second kappa shape index (κ2) is 10.5. The molecule has 0 bridgehead atoms. The summed E-state index contributed by atoms with van der Waals surface area (Å²) in [6, 6.07) is 26.0. The highest BCUT2D eigenvalue weighted by Crippen LogP contribution is 2.31. The van der Waals surface area contributed by atoms with Gasteiger partial charge in [-0.3, -0.25) is 14.5 Å². The van der Waals surface area contributed by atoms with Gasteiger partial charge in [-0.25, -0.2) is 4.98 Å². The number of rotatable bonds is 7. The number of pyridine rings is 1. The number of benzene rings is 3. The lowest BCUT2D eigenvalue weighted by Crippen LogP contribution is -2.25. The Morgan fingerprint density at radius 2 is 1.85 bits per heavy atom. The van der Waals surface area contributed by atoms with Crippen LogP contribution >= 0.6 is 0 Å². The van der Waals surface area contributed by atoms with Gasteiger partial charge in [0.1, 0.15) is 12.5 Å². The highest BCUT2D eigenvalue weighted by atomic mass is 16.5. The van der Waals surface area contributed by atoms with Crippen molar-refractivity contribution >= 4 is 28.6 Å². The van der Waals surface area contributed by atoms with Crippen LogP contribution in [0.3, 0.4) is 0 Å². The largest absolute Gasteiger partial charge is 0.478 e. The van der Waals surface area contributed by atoms with Crippen molar-refractivity contribution in [1.82, 2.24) is 20.0 Å². The fourth-order valence-electron chi connectivity index (χ4n) is 4.74. The average molecular weight is 519 g/mol. The molecular formula is C31H30N6O2. The smallest absolute Gasteiger partial charge is 0.251 e. The molecule has 0 saturated heterocycles. The normalized spacial score (nSPS) is 12.5. The number of imidazole rings is 1. The molecule has 3 heterocycles. The molecule has 0 spiro atoms. The van der Waals surface area contributed by atoms with Crippen molar-refractivity contribution in [3.63, 3.8) is 0 Å². The average Bonchev–Trinajstić information content (AvgIpc) is 3.47.